The topological polar surface area (TPSA) is 91.9 Å². The largest absolute Gasteiger partial charge is 0.454 e. The van der Waals surface area contributed by atoms with Crippen molar-refractivity contribution in [2.75, 3.05) is 39.5 Å². The van der Waals surface area contributed by atoms with Crippen LogP contribution in [0.4, 0.5) is 0 Å². The SMILES string of the molecule is O=C(CN1CCN(C(=O)c2ccc3c(c2)OCO3)CC1)c1ccc2[nH]c(=O)ccc2c1. The summed E-state index contributed by atoms with van der Waals surface area (Å²) in [5.74, 6) is 1.21. The average Bonchev–Trinajstić information content (AvgIpc) is 3.26. The lowest BCUT2D eigenvalue weighted by Crippen LogP contribution is -2.49. The number of fused-ring (bicyclic) bond motifs is 2. The van der Waals surface area contributed by atoms with Gasteiger partial charge in [-0.25, -0.2) is 0 Å². The van der Waals surface area contributed by atoms with Gasteiger partial charge in [0.05, 0.1) is 6.54 Å². The van der Waals surface area contributed by atoms with Crippen LogP contribution in [0.3, 0.4) is 0 Å². The molecule has 0 saturated carbocycles. The molecule has 0 spiro atoms. The molecule has 8 heteroatoms. The summed E-state index contributed by atoms with van der Waals surface area (Å²) in [6.45, 7) is 2.83. The number of aromatic nitrogens is 1. The lowest BCUT2D eigenvalue weighted by molar-refractivity contribution is 0.0624. The summed E-state index contributed by atoms with van der Waals surface area (Å²) in [6.07, 6.45) is 0. The van der Waals surface area contributed by atoms with Crippen LogP contribution in [0.1, 0.15) is 20.7 Å². The summed E-state index contributed by atoms with van der Waals surface area (Å²) in [4.78, 5) is 43.6. The van der Waals surface area contributed by atoms with Crippen molar-refractivity contribution < 1.29 is 19.1 Å². The van der Waals surface area contributed by atoms with Gasteiger partial charge < -0.3 is 19.4 Å². The van der Waals surface area contributed by atoms with Gasteiger partial charge >= 0.3 is 0 Å². The maximum absolute atomic E-state index is 12.8. The van der Waals surface area contributed by atoms with E-state index in [1.807, 2.05) is 0 Å². The summed E-state index contributed by atoms with van der Waals surface area (Å²) in [6, 6.07) is 13.7. The van der Waals surface area contributed by atoms with E-state index < -0.39 is 0 Å². The number of hydrogen-bond donors (Lipinski definition) is 1. The van der Waals surface area contributed by atoms with Crippen molar-refractivity contribution in [3.8, 4) is 11.5 Å². The molecule has 1 saturated heterocycles. The Balaban J connectivity index is 1.20. The molecule has 0 radical (unpaired) electrons. The number of nitrogens with one attached hydrogen (secondary N) is 1. The Morgan fingerprint density at radius 1 is 0.871 bits per heavy atom. The van der Waals surface area contributed by atoms with Crippen LogP contribution in [0.25, 0.3) is 10.9 Å². The number of carbonyl (C=O) groups is 2. The van der Waals surface area contributed by atoms with E-state index >= 15 is 0 Å². The third-order valence-corrected chi connectivity index (χ3v) is 5.69. The number of hydrogen-bond acceptors (Lipinski definition) is 6. The van der Waals surface area contributed by atoms with E-state index in [2.05, 4.69) is 9.88 Å². The van der Waals surface area contributed by atoms with Gasteiger partial charge in [0.2, 0.25) is 12.4 Å². The van der Waals surface area contributed by atoms with E-state index in [-0.39, 0.29) is 24.0 Å². The van der Waals surface area contributed by atoms with Crippen molar-refractivity contribution in [3.63, 3.8) is 0 Å². The summed E-state index contributed by atoms with van der Waals surface area (Å²) < 4.78 is 10.6. The summed E-state index contributed by atoms with van der Waals surface area (Å²) >= 11 is 0. The van der Waals surface area contributed by atoms with Crippen molar-refractivity contribution in [3.05, 3.63) is 70.0 Å². The van der Waals surface area contributed by atoms with Crippen LogP contribution in [0.15, 0.2) is 53.3 Å². The molecule has 1 aromatic heterocycles. The summed E-state index contributed by atoms with van der Waals surface area (Å²) in [5, 5.41) is 0.824. The van der Waals surface area contributed by atoms with Gasteiger partial charge in [0.25, 0.3) is 5.91 Å². The van der Waals surface area contributed by atoms with Crippen LogP contribution >= 0.6 is 0 Å². The molecule has 8 nitrogen and oxygen atoms in total. The minimum atomic E-state index is -0.167. The van der Waals surface area contributed by atoms with E-state index in [0.29, 0.717) is 60.9 Å². The second-order valence-electron chi connectivity index (χ2n) is 7.68. The molecule has 1 N–H and O–H groups in total. The molecule has 158 valence electrons. The number of H-pyrrole nitrogens is 1. The minimum Gasteiger partial charge on any atom is -0.454 e. The normalized spacial score (nSPS) is 15.9. The Hall–Kier alpha value is -3.65. The standard InChI is InChI=1S/C23H21N3O5/c27-19(16-1-4-18-15(11-16)3-6-22(28)24-18)13-25-7-9-26(10-8-25)23(29)17-2-5-20-21(12-17)31-14-30-20/h1-6,11-12H,7-10,13-14H2,(H,24,28). The molecule has 0 atom stereocenters. The number of benzene rings is 2. The molecular formula is C23H21N3O5. The van der Waals surface area contributed by atoms with Crippen molar-refractivity contribution in [2.45, 2.75) is 0 Å². The van der Waals surface area contributed by atoms with Gasteiger partial charge in [-0.2, -0.15) is 0 Å². The van der Waals surface area contributed by atoms with Crippen molar-refractivity contribution in [1.82, 2.24) is 14.8 Å². The quantitative estimate of drug-likeness (QED) is 0.650. The third-order valence-electron chi connectivity index (χ3n) is 5.69. The number of ketones is 1. The van der Waals surface area contributed by atoms with E-state index in [0.717, 1.165) is 5.39 Å². The molecule has 2 aliphatic heterocycles. The van der Waals surface area contributed by atoms with E-state index in [9.17, 15) is 14.4 Å². The molecule has 5 rings (SSSR count). The molecule has 2 aliphatic rings. The number of Topliss-reactive ketones (excluding diaryl/α,β-unsaturated/α-hetero) is 1. The van der Waals surface area contributed by atoms with Crippen molar-refractivity contribution in [1.29, 1.82) is 0 Å². The molecule has 0 aliphatic carbocycles. The van der Waals surface area contributed by atoms with Gasteiger partial charge in [0.1, 0.15) is 0 Å². The predicted molar refractivity (Wildman–Crippen MR) is 114 cm³/mol. The van der Waals surface area contributed by atoms with Gasteiger partial charge in [-0.15, -0.1) is 0 Å². The van der Waals surface area contributed by atoms with E-state index in [4.69, 9.17) is 9.47 Å². The minimum absolute atomic E-state index is 0.0173. The fourth-order valence-electron chi connectivity index (χ4n) is 3.94. The monoisotopic (exact) mass is 419 g/mol. The van der Waals surface area contributed by atoms with Crippen LogP contribution in [-0.4, -0.2) is 66.0 Å². The first-order valence-electron chi connectivity index (χ1n) is 10.1. The highest BCUT2D eigenvalue weighted by molar-refractivity contribution is 6.00. The number of piperazine rings is 1. The first-order valence-corrected chi connectivity index (χ1v) is 10.1. The lowest BCUT2D eigenvalue weighted by Gasteiger charge is -2.34. The van der Waals surface area contributed by atoms with Gasteiger partial charge in [-0.1, -0.05) is 0 Å². The first-order chi connectivity index (χ1) is 15.1. The molecule has 31 heavy (non-hydrogen) atoms. The molecular weight excluding hydrogens is 398 g/mol. The molecule has 2 aromatic carbocycles. The number of aromatic amines is 1. The third kappa shape index (κ3) is 3.89. The zero-order valence-electron chi connectivity index (χ0n) is 16.8. The number of carbonyl (C=O) groups excluding carboxylic acids is 2. The molecule has 1 fully saturated rings. The highest BCUT2D eigenvalue weighted by Crippen LogP contribution is 2.32. The fourth-order valence-corrected chi connectivity index (χ4v) is 3.94. The second-order valence-corrected chi connectivity index (χ2v) is 7.68. The summed E-state index contributed by atoms with van der Waals surface area (Å²) in [7, 11) is 0. The van der Waals surface area contributed by atoms with E-state index in [1.54, 1.807) is 47.4 Å². The molecule has 0 bridgehead atoms. The Morgan fingerprint density at radius 3 is 2.48 bits per heavy atom. The number of rotatable bonds is 4. The number of ether oxygens (including phenoxy) is 2. The van der Waals surface area contributed by atoms with Gasteiger partial charge in [-0.05, 0) is 47.9 Å². The smallest absolute Gasteiger partial charge is 0.254 e. The van der Waals surface area contributed by atoms with Crippen LogP contribution < -0.4 is 15.0 Å². The van der Waals surface area contributed by atoms with E-state index in [1.165, 1.54) is 6.07 Å². The number of amides is 1. The highest BCUT2D eigenvalue weighted by Gasteiger charge is 2.25. The number of pyridine rings is 1. The van der Waals surface area contributed by atoms with Gasteiger partial charge in [0, 0.05) is 48.9 Å². The van der Waals surface area contributed by atoms with Gasteiger partial charge in [-0.3, -0.25) is 19.3 Å². The maximum atomic E-state index is 12.8. The fraction of sp³-hybridized carbons (Fsp3) is 0.261. The molecule has 1 amide bonds. The Bertz CT molecular complexity index is 1230. The van der Waals surface area contributed by atoms with Crippen molar-refractivity contribution >= 4 is 22.6 Å². The zero-order valence-corrected chi connectivity index (χ0v) is 16.8. The van der Waals surface area contributed by atoms with Crippen LogP contribution in [0.5, 0.6) is 11.5 Å². The first kappa shape index (κ1) is 19.3. The molecule has 3 heterocycles. The van der Waals surface area contributed by atoms with Crippen molar-refractivity contribution in [2.24, 2.45) is 0 Å². The Kier molecular flexibility index (Phi) is 4.91. The second kappa shape index (κ2) is 7.88. The van der Waals surface area contributed by atoms with Crippen LogP contribution in [-0.2, 0) is 0 Å². The number of nitrogens with zero attached hydrogens (tertiary/aromatic N) is 2. The van der Waals surface area contributed by atoms with Crippen LogP contribution in [0.2, 0.25) is 0 Å². The molecule has 0 unspecified atom stereocenters. The molecule has 3 aromatic rings. The van der Waals surface area contributed by atoms with Gasteiger partial charge in [0.15, 0.2) is 17.3 Å². The average molecular weight is 419 g/mol. The predicted octanol–water partition coefficient (Wildman–Crippen LogP) is 1.90. The maximum Gasteiger partial charge on any atom is 0.254 e. The summed E-state index contributed by atoms with van der Waals surface area (Å²) in [5.41, 5.74) is 1.72. The Morgan fingerprint density at radius 2 is 1.65 bits per heavy atom. The lowest BCUT2D eigenvalue weighted by atomic mass is 10.1. The van der Waals surface area contributed by atoms with Crippen LogP contribution in [0, 0.1) is 0 Å². The Labute approximate surface area is 178 Å². The zero-order chi connectivity index (χ0) is 21.4. The highest BCUT2D eigenvalue weighted by atomic mass is 16.7.